The molecule has 0 radical (unpaired) electrons. The maximum atomic E-state index is 12.9. The van der Waals surface area contributed by atoms with E-state index in [4.69, 9.17) is 23.7 Å². The lowest BCUT2D eigenvalue weighted by Gasteiger charge is -2.47. The third-order valence-corrected chi connectivity index (χ3v) is 7.01. The second-order valence-electron chi connectivity index (χ2n) is 8.07. The molecule has 3 aliphatic carbocycles. The van der Waals surface area contributed by atoms with Crippen LogP contribution in [0, 0.1) is 11.8 Å². The van der Waals surface area contributed by atoms with Crippen LogP contribution >= 0.6 is 0 Å². The van der Waals surface area contributed by atoms with Crippen LogP contribution in [0.1, 0.15) is 30.4 Å². The summed E-state index contributed by atoms with van der Waals surface area (Å²) in [5.74, 6) is 2.44. The molecule has 0 N–H and O–H groups in total. The van der Waals surface area contributed by atoms with E-state index in [0.29, 0.717) is 31.3 Å². The Kier molecular flexibility index (Phi) is 4.18. The van der Waals surface area contributed by atoms with E-state index in [1.165, 1.54) is 11.1 Å². The second-order valence-corrected chi connectivity index (χ2v) is 8.07. The monoisotopic (exact) mass is 374 g/mol. The predicted octanol–water partition coefficient (Wildman–Crippen LogP) is 2.25. The van der Waals surface area contributed by atoms with E-state index in [1.54, 1.807) is 14.2 Å². The average Bonchev–Trinajstić information content (AvgIpc) is 3.12. The Morgan fingerprint density at radius 2 is 2.11 bits per heavy atom. The van der Waals surface area contributed by atoms with Crippen LogP contribution in [0.4, 0.5) is 0 Å². The summed E-state index contributed by atoms with van der Waals surface area (Å²) < 4.78 is 28.7. The molecule has 1 aliphatic heterocycles. The highest BCUT2D eigenvalue weighted by Gasteiger charge is 2.69. The topological polar surface area (TPSA) is 63.2 Å². The summed E-state index contributed by atoms with van der Waals surface area (Å²) in [6.07, 6.45) is 3.04. The molecule has 6 heteroatoms. The summed E-state index contributed by atoms with van der Waals surface area (Å²) in [4.78, 5) is 12.9. The number of ether oxygens (including phenoxy) is 5. The quantitative estimate of drug-likeness (QED) is 0.539. The number of hydrogen-bond donors (Lipinski definition) is 0. The minimum absolute atomic E-state index is 0.0848. The minimum Gasteiger partial charge on any atom is -0.493 e. The molecule has 0 saturated heterocycles. The summed E-state index contributed by atoms with van der Waals surface area (Å²) in [5, 5.41) is 0. The fourth-order valence-electron chi connectivity index (χ4n) is 6.02. The third-order valence-electron chi connectivity index (χ3n) is 7.01. The molecule has 2 bridgehead atoms. The highest BCUT2D eigenvalue weighted by atomic mass is 16.7. The van der Waals surface area contributed by atoms with E-state index in [-0.39, 0.29) is 30.3 Å². The molecule has 1 aromatic carbocycles. The molecule has 1 spiro atoms. The molecule has 0 amide bonds. The van der Waals surface area contributed by atoms with Gasteiger partial charge in [-0.1, -0.05) is 6.07 Å². The fraction of sp³-hybridized carbons (Fsp3) is 0.667. The van der Waals surface area contributed by atoms with Crippen LogP contribution < -0.4 is 9.47 Å². The van der Waals surface area contributed by atoms with Gasteiger partial charge in [0.25, 0.3) is 0 Å². The third kappa shape index (κ3) is 2.33. The van der Waals surface area contributed by atoms with E-state index >= 15 is 0 Å². The van der Waals surface area contributed by atoms with E-state index in [0.717, 1.165) is 30.8 Å². The van der Waals surface area contributed by atoms with Gasteiger partial charge in [0.1, 0.15) is 18.7 Å². The summed E-state index contributed by atoms with van der Waals surface area (Å²) >= 11 is 0. The Labute approximate surface area is 159 Å². The standard InChI is InChI=1S/C21H26O6/c1-23-7-8-25-11-26-17-6-4-14-13-9-12-3-5-16(24-2)19-18(12)21(14,10-15(13)22)20(17)27-19/h3,5,13-14,17,20H,4,6-11H2,1-2H3/t13-,14+,17-,20+,21+/m0/s1. The van der Waals surface area contributed by atoms with Crippen molar-refractivity contribution in [3.8, 4) is 11.5 Å². The van der Waals surface area contributed by atoms with Gasteiger partial charge in [-0.25, -0.2) is 0 Å². The van der Waals surface area contributed by atoms with Crippen molar-refractivity contribution in [3.63, 3.8) is 0 Å². The van der Waals surface area contributed by atoms with Gasteiger partial charge in [-0.3, -0.25) is 4.79 Å². The fourth-order valence-corrected chi connectivity index (χ4v) is 6.02. The van der Waals surface area contributed by atoms with Gasteiger partial charge in [-0.2, -0.15) is 0 Å². The van der Waals surface area contributed by atoms with Crippen molar-refractivity contribution in [2.24, 2.45) is 11.8 Å². The number of carbonyl (C=O) groups is 1. The first-order valence-electron chi connectivity index (χ1n) is 9.78. The van der Waals surface area contributed by atoms with Crippen molar-refractivity contribution < 1.29 is 28.5 Å². The van der Waals surface area contributed by atoms with Crippen molar-refractivity contribution in [1.29, 1.82) is 0 Å². The zero-order valence-corrected chi connectivity index (χ0v) is 15.9. The normalized spacial score (nSPS) is 35.1. The van der Waals surface area contributed by atoms with Gasteiger partial charge >= 0.3 is 0 Å². The number of hydrogen-bond acceptors (Lipinski definition) is 6. The van der Waals surface area contributed by atoms with Gasteiger partial charge in [-0.05, 0) is 36.8 Å². The van der Waals surface area contributed by atoms with Gasteiger partial charge in [0.2, 0.25) is 0 Å². The first-order chi connectivity index (χ1) is 13.2. The van der Waals surface area contributed by atoms with Gasteiger partial charge < -0.3 is 23.7 Å². The van der Waals surface area contributed by atoms with Gasteiger partial charge in [0.05, 0.1) is 26.4 Å². The second kappa shape index (κ2) is 6.47. The van der Waals surface area contributed by atoms with Crippen LogP contribution in [0.5, 0.6) is 11.5 Å². The van der Waals surface area contributed by atoms with Gasteiger partial charge in [0.15, 0.2) is 11.5 Å². The summed E-state index contributed by atoms with van der Waals surface area (Å²) in [6.45, 7) is 1.26. The maximum Gasteiger partial charge on any atom is 0.165 e. The lowest BCUT2D eigenvalue weighted by atomic mass is 9.57. The molecule has 146 valence electrons. The number of benzene rings is 1. The molecule has 5 atom stereocenters. The highest BCUT2D eigenvalue weighted by molar-refractivity contribution is 5.89. The van der Waals surface area contributed by atoms with Crippen molar-refractivity contribution >= 4 is 5.78 Å². The van der Waals surface area contributed by atoms with Crippen molar-refractivity contribution in [2.75, 3.05) is 34.2 Å². The maximum absolute atomic E-state index is 12.9. The molecule has 6 nitrogen and oxygen atoms in total. The smallest absolute Gasteiger partial charge is 0.165 e. The molecular formula is C21H26O6. The number of Topliss-reactive ketones (excluding diaryl/α,β-unsaturated/α-hetero) is 1. The van der Waals surface area contributed by atoms with Crippen LogP contribution in [0.25, 0.3) is 0 Å². The molecule has 2 fully saturated rings. The SMILES string of the molecule is COCCOCO[C@H]1CC[C@@H]2[C@@H]3Cc4ccc(OC)c5c4[C@]2(CC3=O)[C@@H]1O5. The average molecular weight is 374 g/mol. The molecule has 0 unspecified atom stereocenters. The largest absolute Gasteiger partial charge is 0.493 e. The predicted molar refractivity (Wildman–Crippen MR) is 96.2 cm³/mol. The summed E-state index contributed by atoms with van der Waals surface area (Å²) in [6, 6.07) is 4.08. The summed E-state index contributed by atoms with van der Waals surface area (Å²) in [7, 11) is 3.32. The van der Waals surface area contributed by atoms with Gasteiger partial charge in [0, 0.05) is 30.4 Å². The van der Waals surface area contributed by atoms with Crippen molar-refractivity contribution in [1.82, 2.24) is 0 Å². The van der Waals surface area contributed by atoms with Crippen molar-refractivity contribution in [2.45, 2.75) is 43.3 Å². The van der Waals surface area contributed by atoms with Crippen LogP contribution in [-0.4, -0.2) is 52.2 Å². The zero-order chi connectivity index (χ0) is 18.6. The van der Waals surface area contributed by atoms with E-state index in [9.17, 15) is 4.79 Å². The molecule has 4 aliphatic rings. The lowest BCUT2D eigenvalue weighted by Crippen LogP contribution is -2.55. The van der Waals surface area contributed by atoms with Crippen LogP contribution in [0.15, 0.2) is 12.1 Å². The Morgan fingerprint density at radius 1 is 1.22 bits per heavy atom. The lowest BCUT2D eigenvalue weighted by molar-refractivity contribution is -0.151. The molecule has 0 aromatic heterocycles. The van der Waals surface area contributed by atoms with Gasteiger partial charge in [-0.15, -0.1) is 0 Å². The highest BCUT2D eigenvalue weighted by Crippen LogP contribution is 2.66. The molecule has 27 heavy (non-hydrogen) atoms. The van der Waals surface area contributed by atoms with E-state index in [2.05, 4.69) is 6.07 Å². The van der Waals surface area contributed by atoms with Crippen LogP contribution in [-0.2, 0) is 30.8 Å². The Hall–Kier alpha value is -1.63. The Bertz CT molecular complexity index is 761. The molecule has 5 rings (SSSR count). The first-order valence-corrected chi connectivity index (χ1v) is 9.78. The van der Waals surface area contributed by atoms with E-state index < -0.39 is 0 Å². The summed E-state index contributed by atoms with van der Waals surface area (Å²) in [5.41, 5.74) is 2.21. The molecule has 1 aromatic rings. The number of methoxy groups -OCH3 is 2. The number of rotatable bonds is 7. The first kappa shape index (κ1) is 17.5. The zero-order valence-electron chi connectivity index (χ0n) is 15.9. The van der Waals surface area contributed by atoms with Crippen molar-refractivity contribution in [3.05, 3.63) is 23.3 Å². The number of carbonyl (C=O) groups excluding carboxylic acids is 1. The molecule has 1 heterocycles. The Morgan fingerprint density at radius 3 is 2.93 bits per heavy atom. The number of ketones is 1. The van der Waals surface area contributed by atoms with Crippen LogP contribution in [0.2, 0.25) is 0 Å². The molecular weight excluding hydrogens is 348 g/mol. The Balaban J connectivity index is 1.48. The minimum atomic E-state index is -0.255. The molecule has 2 saturated carbocycles. The van der Waals surface area contributed by atoms with Crippen LogP contribution in [0.3, 0.4) is 0 Å². The van der Waals surface area contributed by atoms with E-state index in [1.807, 2.05) is 6.07 Å².